The number of hydrogen-bond acceptors (Lipinski definition) is 5. The zero-order valence-corrected chi connectivity index (χ0v) is 16.5. The summed E-state index contributed by atoms with van der Waals surface area (Å²) < 4.78 is 16.4. The third-order valence-corrected chi connectivity index (χ3v) is 5.01. The van der Waals surface area contributed by atoms with Crippen LogP contribution in [0.1, 0.15) is 16.7 Å². The molecule has 2 aromatic rings. The number of ether oxygens (including phenoxy) is 3. The van der Waals surface area contributed by atoms with Crippen LogP contribution in [0.15, 0.2) is 36.4 Å². The fourth-order valence-corrected chi connectivity index (χ4v) is 3.47. The Hall–Kier alpha value is -1.79. The summed E-state index contributed by atoms with van der Waals surface area (Å²) in [5.41, 5.74) is 3.53. The number of hydrogen-bond donors (Lipinski definition) is 1. The summed E-state index contributed by atoms with van der Waals surface area (Å²) in [6.45, 7) is 3.03. The standard InChI is InChI=1S/C21H26ClNO4/c1-25-20-9-16-7-8-23(11-17(16)10-21(20)26-2)12-19(24)14-27-13-15-3-5-18(22)6-4-15/h3-6,9-10,19,24H,7-8,11-14H2,1-2H3/t19-/m1/s1. The van der Waals surface area contributed by atoms with Crippen molar-refractivity contribution < 1.29 is 19.3 Å². The van der Waals surface area contributed by atoms with Crippen molar-refractivity contribution in [2.75, 3.05) is 33.9 Å². The summed E-state index contributed by atoms with van der Waals surface area (Å²) in [6.07, 6.45) is 0.396. The molecule has 0 spiro atoms. The van der Waals surface area contributed by atoms with E-state index in [0.29, 0.717) is 24.8 Å². The second kappa shape index (κ2) is 9.42. The predicted octanol–water partition coefficient (Wildman–Crippen LogP) is 3.29. The monoisotopic (exact) mass is 391 g/mol. The van der Waals surface area contributed by atoms with E-state index in [0.717, 1.165) is 36.6 Å². The lowest BCUT2D eigenvalue weighted by Gasteiger charge is -2.31. The summed E-state index contributed by atoms with van der Waals surface area (Å²) >= 11 is 5.88. The van der Waals surface area contributed by atoms with Crippen molar-refractivity contribution >= 4 is 11.6 Å². The molecule has 1 heterocycles. The van der Waals surface area contributed by atoms with E-state index in [4.69, 9.17) is 25.8 Å². The minimum Gasteiger partial charge on any atom is -0.493 e. The molecule has 6 heteroatoms. The van der Waals surface area contributed by atoms with E-state index in [9.17, 15) is 5.11 Å². The van der Waals surface area contributed by atoms with Crippen molar-refractivity contribution in [3.8, 4) is 11.5 Å². The van der Waals surface area contributed by atoms with Crippen LogP contribution in [0.4, 0.5) is 0 Å². The van der Waals surface area contributed by atoms with Gasteiger partial charge in [-0.25, -0.2) is 0 Å². The maximum absolute atomic E-state index is 10.3. The number of fused-ring (bicyclic) bond motifs is 1. The normalized spacial score (nSPS) is 15.3. The SMILES string of the molecule is COc1cc2c(cc1OC)CN(C[C@@H](O)COCc1ccc(Cl)cc1)CC2. The molecule has 3 rings (SSSR count). The van der Waals surface area contributed by atoms with Gasteiger partial charge in [0, 0.05) is 24.7 Å². The zero-order valence-electron chi connectivity index (χ0n) is 15.8. The van der Waals surface area contributed by atoms with Crippen LogP contribution in [0.2, 0.25) is 5.02 Å². The Kier molecular flexibility index (Phi) is 6.96. The first-order valence-electron chi connectivity index (χ1n) is 9.05. The average molecular weight is 392 g/mol. The third kappa shape index (κ3) is 5.36. The Morgan fingerprint density at radius 3 is 2.41 bits per heavy atom. The molecule has 0 radical (unpaired) electrons. The fraction of sp³-hybridized carbons (Fsp3) is 0.429. The van der Waals surface area contributed by atoms with Gasteiger partial charge in [0.1, 0.15) is 0 Å². The van der Waals surface area contributed by atoms with E-state index in [1.165, 1.54) is 11.1 Å². The van der Waals surface area contributed by atoms with Crippen LogP contribution in [-0.4, -0.2) is 50.0 Å². The number of nitrogens with zero attached hydrogens (tertiary/aromatic N) is 1. The van der Waals surface area contributed by atoms with Crippen LogP contribution in [0.25, 0.3) is 0 Å². The van der Waals surface area contributed by atoms with Gasteiger partial charge in [0.2, 0.25) is 0 Å². The summed E-state index contributed by atoms with van der Waals surface area (Å²) in [4.78, 5) is 2.24. The molecule has 5 nitrogen and oxygen atoms in total. The van der Waals surface area contributed by atoms with Gasteiger partial charge in [-0.1, -0.05) is 23.7 Å². The quantitative estimate of drug-likeness (QED) is 0.748. The summed E-state index contributed by atoms with van der Waals surface area (Å²) in [5.74, 6) is 1.50. The van der Waals surface area contributed by atoms with Crippen molar-refractivity contribution in [1.82, 2.24) is 4.90 Å². The molecule has 146 valence electrons. The van der Waals surface area contributed by atoms with Crippen LogP contribution in [-0.2, 0) is 24.3 Å². The number of aliphatic hydroxyl groups is 1. The Morgan fingerprint density at radius 1 is 1.07 bits per heavy atom. The van der Waals surface area contributed by atoms with Gasteiger partial charge in [-0.3, -0.25) is 4.90 Å². The topological polar surface area (TPSA) is 51.2 Å². The largest absolute Gasteiger partial charge is 0.493 e. The minimum absolute atomic E-state index is 0.303. The second-order valence-electron chi connectivity index (χ2n) is 6.76. The number of aliphatic hydroxyl groups excluding tert-OH is 1. The van der Waals surface area contributed by atoms with Gasteiger partial charge in [-0.2, -0.15) is 0 Å². The van der Waals surface area contributed by atoms with E-state index >= 15 is 0 Å². The summed E-state index contributed by atoms with van der Waals surface area (Å²) in [7, 11) is 3.30. The van der Waals surface area contributed by atoms with E-state index in [-0.39, 0.29) is 0 Å². The van der Waals surface area contributed by atoms with Crippen LogP contribution in [0.3, 0.4) is 0 Å². The van der Waals surface area contributed by atoms with Gasteiger partial charge in [-0.05, 0) is 47.4 Å². The van der Waals surface area contributed by atoms with Gasteiger partial charge in [0.05, 0.1) is 33.5 Å². The summed E-state index contributed by atoms with van der Waals surface area (Å²) in [6, 6.07) is 11.6. The van der Waals surface area contributed by atoms with E-state index in [2.05, 4.69) is 11.0 Å². The molecule has 0 aromatic heterocycles. The first-order valence-corrected chi connectivity index (χ1v) is 9.43. The van der Waals surface area contributed by atoms with Crippen molar-refractivity contribution in [2.45, 2.75) is 25.7 Å². The lowest BCUT2D eigenvalue weighted by molar-refractivity contribution is 0.00772. The van der Waals surface area contributed by atoms with Gasteiger partial charge in [0.25, 0.3) is 0 Å². The molecule has 0 saturated heterocycles. The van der Waals surface area contributed by atoms with Crippen molar-refractivity contribution in [3.63, 3.8) is 0 Å². The molecule has 0 fully saturated rings. The molecule has 1 aliphatic heterocycles. The van der Waals surface area contributed by atoms with Crippen LogP contribution in [0.5, 0.6) is 11.5 Å². The molecule has 1 aliphatic rings. The van der Waals surface area contributed by atoms with Gasteiger partial charge in [0.15, 0.2) is 11.5 Å². The zero-order chi connectivity index (χ0) is 19.2. The van der Waals surface area contributed by atoms with Gasteiger partial charge < -0.3 is 19.3 Å². The molecular weight excluding hydrogens is 366 g/mol. The van der Waals surface area contributed by atoms with E-state index < -0.39 is 6.10 Å². The molecule has 1 N–H and O–H groups in total. The highest BCUT2D eigenvalue weighted by Crippen LogP contribution is 2.33. The molecule has 27 heavy (non-hydrogen) atoms. The molecule has 1 atom stereocenters. The number of methoxy groups -OCH3 is 2. The average Bonchev–Trinajstić information content (AvgIpc) is 2.68. The van der Waals surface area contributed by atoms with E-state index in [1.54, 1.807) is 14.2 Å². The lowest BCUT2D eigenvalue weighted by atomic mass is 9.98. The smallest absolute Gasteiger partial charge is 0.161 e. The lowest BCUT2D eigenvalue weighted by Crippen LogP contribution is -2.38. The Morgan fingerprint density at radius 2 is 1.74 bits per heavy atom. The predicted molar refractivity (Wildman–Crippen MR) is 106 cm³/mol. The van der Waals surface area contributed by atoms with Gasteiger partial charge >= 0.3 is 0 Å². The molecule has 0 aliphatic carbocycles. The maximum Gasteiger partial charge on any atom is 0.161 e. The molecular formula is C21H26ClNO4. The molecule has 0 unspecified atom stereocenters. The third-order valence-electron chi connectivity index (χ3n) is 4.76. The maximum atomic E-state index is 10.3. The van der Waals surface area contributed by atoms with Crippen LogP contribution >= 0.6 is 11.6 Å². The molecule has 0 amide bonds. The summed E-state index contributed by atoms with van der Waals surface area (Å²) in [5, 5.41) is 11.0. The molecule has 0 bridgehead atoms. The van der Waals surface area contributed by atoms with Crippen LogP contribution < -0.4 is 9.47 Å². The van der Waals surface area contributed by atoms with Crippen molar-refractivity contribution in [3.05, 3.63) is 58.1 Å². The Labute approximate surface area is 165 Å². The highest BCUT2D eigenvalue weighted by Gasteiger charge is 2.21. The number of rotatable bonds is 8. The van der Waals surface area contributed by atoms with E-state index in [1.807, 2.05) is 30.3 Å². The van der Waals surface area contributed by atoms with Crippen LogP contribution in [0, 0.1) is 0 Å². The number of benzene rings is 2. The van der Waals surface area contributed by atoms with Crippen molar-refractivity contribution in [2.24, 2.45) is 0 Å². The first kappa shape index (κ1) is 20.0. The highest BCUT2D eigenvalue weighted by atomic mass is 35.5. The Balaban J connectivity index is 1.49. The first-order chi connectivity index (χ1) is 13.1. The van der Waals surface area contributed by atoms with Crippen molar-refractivity contribution in [1.29, 1.82) is 0 Å². The number of β-amino-alcohol motifs (C(OH)–C–C–N with tert-alkyl or cyclic N) is 1. The minimum atomic E-state index is -0.529. The number of halogens is 1. The molecule has 2 aromatic carbocycles. The van der Waals surface area contributed by atoms with Gasteiger partial charge in [-0.15, -0.1) is 0 Å². The highest BCUT2D eigenvalue weighted by molar-refractivity contribution is 6.30. The fourth-order valence-electron chi connectivity index (χ4n) is 3.34. The second-order valence-corrected chi connectivity index (χ2v) is 7.19. The Bertz CT molecular complexity index is 751. The molecule has 0 saturated carbocycles.